The third kappa shape index (κ3) is 14.6. The minimum atomic E-state index is -4.71. The van der Waals surface area contributed by atoms with Gasteiger partial charge in [0.15, 0.2) is 0 Å². The predicted molar refractivity (Wildman–Crippen MR) is 226 cm³/mol. The fourth-order valence-corrected chi connectivity index (χ4v) is 6.75. The molecule has 0 aliphatic heterocycles. The van der Waals surface area contributed by atoms with Crippen LogP contribution in [0.1, 0.15) is 52.3 Å². The number of hydrogen-bond acceptors (Lipinski definition) is 12. The number of carboxylic acids is 1. The Bertz CT molecular complexity index is 2420. The van der Waals surface area contributed by atoms with Crippen molar-refractivity contribution in [3.8, 4) is 45.6 Å². The van der Waals surface area contributed by atoms with E-state index in [1.807, 2.05) is 38.1 Å². The van der Waals surface area contributed by atoms with Gasteiger partial charge in [0.2, 0.25) is 0 Å². The van der Waals surface area contributed by atoms with Crippen LogP contribution in [0.5, 0.6) is 17.2 Å². The fraction of sp³-hybridized carbons (Fsp3) is 0.304. The second kappa shape index (κ2) is 23.8. The summed E-state index contributed by atoms with van der Waals surface area (Å²) in [7, 11) is 0. The van der Waals surface area contributed by atoms with Gasteiger partial charge in [0, 0.05) is 55.8 Å². The van der Waals surface area contributed by atoms with Crippen molar-refractivity contribution >= 4 is 23.7 Å². The van der Waals surface area contributed by atoms with Gasteiger partial charge in [-0.1, -0.05) is 54.1 Å². The quantitative estimate of drug-likeness (QED) is 0.0484. The molecule has 0 saturated carbocycles. The number of halogens is 4. The maximum absolute atomic E-state index is 14.3. The van der Waals surface area contributed by atoms with Crippen LogP contribution in [0.15, 0.2) is 85.2 Å². The van der Waals surface area contributed by atoms with Crippen LogP contribution in [0, 0.1) is 25.2 Å². The number of carbonyl (C=O) groups excluding carboxylic acids is 2. The molecule has 0 unspecified atom stereocenters. The summed E-state index contributed by atoms with van der Waals surface area (Å²) in [6, 6.07) is 22.4. The predicted octanol–water partition coefficient (Wildman–Crippen LogP) is 7.43. The summed E-state index contributed by atoms with van der Waals surface area (Å²) in [4.78, 5) is 31.1. The van der Waals surface area contributed by atoms with Crippen LogP contribution in [-0.4, -0.2) is 70.9 Å². The smallest absolute Gasteiger partial charge is 0.419 e. The summed E-state index contributed by atoms with van der Waals surface area (Å²) in [5.41, 5.74) is 6.08. The number of ether oxygens (including phenoxy) is 3. The number of benzene rings is 4. The number of carbonyl (C=O) groups is 1. The molecule has 2 atom stereocenters. The van der Waals surface area contributed by atoms with Gasteiger partial charge in [0.25, 0.3) is 0 Å². The summed E-state index contributed by atoms with van der Waals surface area (Å²) in [6.07, 6.45) is -3.53. The van der Waals surface area contributed by atoms with E-state index in [2.05, 4.69) is 21.7 Å². The largest absolute Gasteiger partial charge is 0.492 e. The highest BCUT2D eigenvalue weighted by molar-refractivity contribution is 6.32. The number of aliphatic carboxylic acids is 1. The van der Waals surface area contributed by atoms with Crippen molar-refractivity contribution < 1.29 is 57.1 Å². The number of hydrogen-bond donors (Lipinski definition) is 5. The van der Waals surface area contributed by atoms with Crippen LogP contribution in [0.2, 0.25) is 5.02 Å². The van der Waals surface area contributed by atoms with Crippen molar-refractivity contribution in [1.29, 1.82) is 5.26 Å². The van der Waals surface area contributed by atoms with Crippen LogP contribution in [0.25, 0.3) is 22.3 Å². The molecule has 5 aromatic rings. The first-order valence-electron chi connectivity index (χ1n) is 19.5. The summed E-state index contributed by atoms with van der Waals surface area (Å²) >= 11 is 6.73. The van der Waals surface area contributed by atoms with E-state index in [1.165, 1.54) is 12.3 Å². The highest BCUT2D eigenvalue weighted by Crippen LogP contribution is 2.41. The maximum atomic E-state index is 14.3. The standard InChI is InChI=1S/C45H46ClF3N4O7.CO2/c1-27(54)20-52-23-34-16-40(46)43(18-42(34)59-25-31-14-30(19-50)21-53-22-31)60-26-33-6-4-8-37(28(33)2)38-9-5-7-36(29(38)3)32-10-11-41(39(15-32)45(47,48)49)58-13-12-51-24-35(55)17-44(56)57;2-1-3/h4-11,14-16,18,21-22,27,35,51-52,54-55H,12-13,17,20,23-26H2,1-3H3,(H,56,57);/t27-,35-;/m0./s1. The molecule has 332 valence electrons. The molecule has 0 amide bonds. The van der Waals surface area contributed by atoms with Crippen LogP contribution < -0.4 is 24.8 Å². The first kappa shape index (κ1) is 49.3. The van der Waals surface area contributed by atoms with E-state index >= 15 is 0 Å². The number of carboxylic acid groups (broad SMARTS) is 1. The second-order valence-corrected chi connectivity index (χ2v) is 14.7. The number of nitrogens with one attached hydrogen (secondary N) is 2. The molecular formula is C46H46ClF3N4O9. The zero-order valence-electron chi connectivity index (χ0n) is 34.6. The van der Waals surface area contributed by atoms with Crippen LogP contribution in [0.3, 0.4) is 0 Å². The van der Waals surface area contributed by atoms with Gasteiger partial charge < -0.3 is 40.2 Å². The van der Waals surface area contributed by atoms with Gasteiger partial charge in [-0.3, -0.25) is 9.78 Å². The normalized spacial score (nSPS) is 11.9. The van der Waals surface area contributed by atoms with Crippen molar-refractivity contribution in [2.45, 2.75) is 65.3 Å². The molecule has 4 aromatic carbocycles. The van der Waals surface area contributed by atoms with Gasteiger partial charge in [-0.25, -0.2) is 0 Å². The van der Waals surface area contributed by atoms with Crippen molar-refractivity contribution in [3.05, 3.63) is 129 Å². The molecule has 5 N–H and O–H groups in total. The summed E-state index contributed by atoms with van der Waals surface area (Å²) in [5.74, 6) is -0.646. The molecular weight excluding hydrogens is 845 g/mol. The van der Waals surface area contributed by atoms with Crippen molar-refractivity contribution in [2.75, 3.05) is 26.2 Å². The Morgan fingerprint density at radius 3 is 2.21 bits per heavy atom. The molecule has 0 radical (unpaired) electrons. The van der Waals surface area contributed by atoms with Crippen molar-refractivity contribution in [2.24, 2.45) is 0 Å². The third-order valence-electron chi connectivity index (χ3n) is 9.56. The van der Waals surface area contributed by atoms with Gasteiger partial charge in [-0.15, -0.1) is 0 Å². The summed E-state index contributed by atoms with van der Waals surface area (Å²) < 4.78 is 60.9. The van der Waals surface area contributed by atoms with Crippen LogP contribution >= 0.6 is 11.6 Å². The third-order valence-corrected chi connectivity index (χ3v) is 9.86. The number of rotatable bonds is 20. The van der Waals surface area contributed by atoms with Gasteiger partial charge in [-0.05, 0) is 84.0 Å². The minimum Gasteiger partial charge on any atom is -0.492 e. The number of aliphatic hydroxyl groups is 2. The Hall–Kier alpha value is -6.31. The highest BCUT2D eigenvalue weighted by atomic mass is 35.5. The first-order valence-corrected chi connectivity index (χ1v) is 19.9. The van der Waals surface area contributed by atoms with Crippen molar-refractivity contribution in [1.82, 2.24) is 15.6 Å². The molecule has 5 rings (SSSR count). The maximum Gasteiger partial charge on any atom is 0.419 e. The molecule has 13 nitrogen and oxygen atoms in total. The monoisotopic (exact) mass is 890 g/mol. The summed E-state index contributed by atoms with van der Waals surface area (Å²) in [6.45, 7) is 6.38. The van der Waals surface area contributed by atoms with Gasteiger partial charge >= 0.3 is 18.3 Å². The van der Waals surface area contributed by atoms with Crippen molar-refractivity contribution in [3.63, 3.8) is 0 Å². The number of pyridine rings is 1. The molecule has 0 fully saturated rings. The van der Waals surface area contributed by atoms with E-state index in [1.54, 1.807) is 49.5 Å². The molecule has 1 heterocycles. The Labute approximate surface area is 367 Å². The highest BCUT2D eigenvalue weighted by Gasteiger charge is 2.35. The number of alkyl halides is 3. The van der Waals surface area contributed by atoms with Gasteiger partial charge in [0.05, 0.1) is 34.8 Å². The topological polar surface area (TPSA) is 200 Å². The number of nitrogens with zero attached hydrogens (tertiary/aromatic N) is 2. The first-order chi connectivity index (χ1) is 30.1. The Morgan fingerprint density at radius 1 is 0.841 bits per heavy atom. The Balaban J connectivity index is 0.00000282. The molecule has 0 saturated heterocycles. The number of aliphatic hydroxyl groups excluding tert-OH is 2. The lowest BCUT2D eigenvalue weighted by Crippen LogP contribution is -2.31. The van der Waals surface area contributed by atoms with E-state index in [4.69, 9.17) is 40.5 Å². The molecule has 0 aliphatic carbocycles. The van der Waals surface area contributed by atoms with E-state index in [-0.39, 0.29) is 44.8 Å². The van der Waals surface area contributed by atoms with E-state index < -0.39 is 36.3 Å². The molecule has 0 bridgehead atoms. The number of nitriles is 1. The summed E-state index contributed by atoms with van der Waals surface area (Å²) in [5, 5.41) is 43.8. The molecule has 0 spiro atoms. The molecule has 0 aliphatic rings. The number of aromatic nitrogens is 1. The van der Waals surface area contributed by atoms with E-state index in [0.29, 0.717) is 51.9 Å². The zero-order chi connectivity index (χ0) is 46.1. The lowest BCUT2D eigenvalue weighted by Gasteiger charge is -2.19. The lowest BCUT2D eigenvalue weighted by atomic mass is 9.89. The Morgan fingerprint density at radius 2 is 1.52 bits per heavy atom. The van der Waals surface area contributed by atoms with Crippen LogP contribution in [-0.2, 0) is 40.3 Å². The molecule has 63 heavy (non-hydrogen) atoms. The second-order valence-electron chi connectivity index (χ2n) is 14.3. The lowest BCUT2D eigenvalue weighted by molar-refractivity contribution is -0.191. The van der Waals surface area contributed by atoms with Gasteiger partial charge in [-0.2, -0.15) is 28.0 Å². The van der Waals surface area contributed by atoms with Crippen LogP contribution in [0.4, 0.5) is 13.2 Å². The SMILES string of the molecule is Cc1c(COc2cc(OCc3cncc(C#N)c3)c(CNC[C@H](C)O)cc2Cl)cccc1-c1cccc(-c2ccc(OCCNC[C@@H](O)CC(=O)O)c(C(F)(F)F)c2)c1C.O=C=O. The van der Waals surface area contributed by atoms with E-state index in [9.17, 15) is 33.4 Å². The van der Waals surface area contributed by atoms with Gasteiger partial charge in [0.1, 0.15) is 43.1 Å². The Kier molecular flexibility index (Phi) is 18.6. The zero-order valence-corrected chi connectivity index (χ0v) is 35.3. The molecule has 17 heteroatoms. The average Bonchev–Trinajstić information content (AvgIpc) is 3.23. The minimum absolute atomic E-state index is 0.0458. The molecule has 1 aromatic heterocycles. The fourth-order valence-electron chi connectivity index (χ4n) is 6.51. The van der Waals surface area contributed by atoms with E-state index in [0.717, 1.165) is 39.4 Å². The average molecular weight is 891 g/mol.